The van der Waals surface area contributed by atoms with E-state index in [9.17, 15) is 9.59 Å². The molecule has 1 aromatic heterocycles. The van der Waals surface area contributed by atoms with Gasteiger partial charge in [-0.3, -0.25) is 9.59 Å². The van der Waals surface area contributed by atoms with Gasteiger partial charge in [0.25, 0.3) is 11.8 Å². The number of nitrogens with zero attached hydrogens (tertiary/aromatic N) is 3. The van der Waals surface area contributed by atoms with Crippen molar-refractivity contribution in [2.45, 2.75) is 32.7 Å². The molecule has 26 heavy (non-hydrogen) atoms. The third kappa shape index (κ3) is 3.50. The number of rotatable bonds is 6. The monoisotopic (exact) mass is 377 g/mol. The van der Waals surface area contributed by atoms with Gasteiger partial charge in [-0.25, -0.2) is 4.68 Å². The zero-order chi connectivity index (χ0) is 18.8. The first kappa shape index (κ1) is 18.2. The van der Waals surface area contributed by atoms with Crippen LogP contribution in [0.1, 0.15) is 46.3 Å². The topological polar surface area (TPSA) is 98.1 Å². The highest BCUT2D eigenvalue weighted by molar-refractivity contribution is 6.33. The lowest BCUT2D eigenvalue weighted by molar-refractivity contribution is 0.0940. The van der Waals surface area contributed by atoms with Crippen molar-refractivity contribution in [2.24, 2.45) is 0 Å². The molecule has 1 aliphatic rings. The fourth-order valence-electron chi connectivity index (χ4n) is 2.56. The van der Waals surface area contributed by atoms with Crippen LogP contribution in [-0.4, -0.2) is 46.5 Å². The maximum absolute atomic E-state index is 12.2. The van der Waals surface area contributed by atoms with E-state index in [4.69, 9.17) is 16.3 Å². The number of benzene rings is 1. The summed E-state index contributed by atoms with van der Waals surface area (Å²) in [5.74, 6) is -0.176. The van der Waals surface area contributed by atoms with E-state index in [1.807, 2.05) is 6.92 Å². The van der Waals surface area contributed by atoms with Crippen molar-refractivity contribution in [3.63, 3.8) is 0 Å². The predicted molar refractivity (Wildman–Crippen MR) is 96.2 cm³/mol. The highest BCUT2D eigenvalue weighted by Gasteiger charge is 2.27. The molecular weight excluding hydrogens is 358 g/mol. The molecule has 2 aromatic rings. The molecule has 1 heterocycles. The van der Waals surface area contributed by atoms with Crippen LogP contribution in [0.4, 0.5) is 0 Å². The third-order valence-electron chi connectivity index (χ3n) is 4.10. The molecule has 1 fully saturated rings. The lowest BCUT2D eigenvalue weighted by atomic mass is 10.1. The Morgan fingerprint density at radius 1 is 1.35 bits per heavy atom. The molecule has 0 saturated heterocycles. The Balaban J connectivity index is 1.97. The van der Waals surface area contributed by atoms with E-state index in [0.717, 1.165) is 12.8 Å². The van der Waals surface area contributed by atoms with Gasteiger partial charge >= 0.3 is 0 Å². The number of hydrogen-bond acceptors (Lipinski definition) is 5. The minimum absolute atomic E-state index is 0.229. The number of carbonyl (C=O) groups excluding carboxylic acids is 2. The van der Waals surface area contributed by atoms with Crippen molar-refractivity contribution < 1.29 is 14.3 Å². The Labute approximate surface area is 155 Å². The number of methoxy groups -OCH3 is 1. The molecule has 9 heteroatoms. The maximum atomic E-state index is 12.2. The summed E-state index contributed by atoms with van der Waals surface area (Å²) in [5, 5.41) is 13.9. The minimum atomic E-state index is -0.280. The maximum Gasteiger partial charge on any atom is 0.273 e. The Morgan fingerprint density at radius 3 is 2.69 bits per heavy atom. The Morgan fingerprint density at radius 2 is 2.08 bits per heavy atom. The van der Waals surface area contributed by atoms with Crippen LogP contribution in [0.3, 0.4) is 0 Å². The number of aromatic nitrogens is 3. The van der Waals surface area contributed by atoms with E-state index < -0.39 is 0 Å². The van der Waals surface area contributed by atoms with Gasteiger partial charge in [0, 0.05) is 18.7 Å². The van der Waals surface area contributed by atoms with Gasteiger partial charge in [0.05, 0.1) is 29.1 Å². The second kappa shape index (κ2) is 7.33. The summed E-state index contributed by atoms with van der Waals surface area (Å²) >= 11 is 6.37. The van der Waals surface area contributed by atoms with E-state index in [1.165, 1.54) is 17.9 Å². The first-order chi connectivity index (χ1) is 12.5. The molecule has 0 aliphatic heterocycles. The highest BCUT2D eigenvalue weighted by Crippen LogP contribution is 2.30. The van der Waals surface area contributed by atoms with Gasteiger partial charge in [0.2, 0.25) is 0 Å². The summed E-state index contributed by atoms with van der Waals surface area (Å²) in [6.45, 7) is 4.05. The molecule has 0 spiro atoms. The summed E-state index contributed by atoms with van der Waals surface area (Å²) in [5.41, 5.74) is 1.61. The Kier molecular flexibility index (Phi) is 5.13. The lowest BCUT2D eigenvalue weighted by Crippen LogP contribution is -2.26. The highest BCUT2D eigenvalue weighted by atomic mass is 35.5. The van der Waals surface area contributed by atoms with E-state index in [0.29, 0.717) is 34.3 Å². The number of ether oxygens (including phenoxy) is 1. The first-order valence-corrected chi connectivity index (χ1v) is 8.73. The fourth-order valence-corrected chi connectivity index (χ4v) is 2.80. The van der Waals surface area contributed by atoms with Gasteiger partial charge in [-0.15, -0.1) is 5.10 Å². The molecule has 0 radical (unpaired) electrons. The van der Waals surface area contributed by atoms with Gasteiger partial charge in [0.15, 0.2) is 5.69 Å². The van der Waals surface area contributed by atoms with Crippen molar-refractivity contribution in [1.82, 2.24) is 25.6 Å². The van der Waals surface area contributed by atoms with Gasteiger partial charge in [0.1, 0.15) is 5.75 Å². The molecule has 3 rings (SSSR count). The van der Waals surface area contributed by atoms with Gasteiger partial charge in [-0.2, -0.15) is 0 Å². The second-order valence-electron chi connectivity index (χ2n) is 6.05. The number of nitrogens with one attached hydrogen (secondary N) is 2. The van der Waals surface area contributed by atoms with E-state index in [1.54, 1.807) is 13.0 Å². The van der Waals surface area contributed by atoms with Crippen LogP contribution in [0.25, 0.3) is 5.69 Å². The zero-order valence-corrected chi connectivity index (χ0v) is 15.6. The standard InChI is InChI=1S/C17H20ClN5O3/c1-4-19-16(24)11-7-12(18)13(8-14(11)26-3)23-9(2)15(21-22-23)17(25)20-10-5-6-10/h7-8,10H,4-6H2,1-3H3,(H,19,24)(H,20,25). The molecule has 1 aromatic carbocycles. The van der Waals surface area contributed by atoms with Crippen molar-refractivity contribution in [1.29, 1.82) is 0 Å². The molecule has 0 unspecified atom stereocenters. The number of carbonyl (C=O) groups is 2. The quantitative estimate of drug-likeness (QED) is 0.800. The van der Waals surface area contributed by atoms with Gasteiger partial charge < -0.3 is 15.4 Å². The van der Waals surface area contributed by atoms with Crippen molar-refractivity contribution in [3.05, 3.63) is 34.1 Å². The number of halogens is 1. The second-order valence-corrected chi connectivity index (χ2v) is 6.45. The van der Waals surface area contributed by atoms with Crippen LogP contribution < -0.4 is 15.4 Å². The molecule has 138 valence electrons. The van der Waals surface area contributed by atoms with E-state index in [-0.39, 0.29) is 23.6 Å². The number of amides is 2. The zero-order valence-electron chi connectivity index (χ0n) is 14.8. The smallest absolute Gasteiger partial charge is 0.273 e. The van der Waals surface area contributed by atoms with Crippen molar-refractivity contribution in [2.75, 3.05) is 13.7 Å². The van der Waals surface area contributed by atoms with Crippen LogP contribution in [0.5, 0.6) is 5.75 Å². The van der Waals surface area contributed by atoms with Crippen LogP contribution in [0.15, 0.2) is 12.1 Å². The van der Waals surface area contributed by atoms with E-state index >= 15 is 0 Å². The Bertz CT molecular complexity index is 860. The fraction of sp³-hybridized carbons (Fsp3) is 0.412. The SMILES string of the molecule is CCNC(=O)c1cc(Cl)c(-n2nnc(C(=O)NC3CC3)c2C)cc1OC. The van der Waals surface area contributed by atoms with Gasteiger partial charge in [-0.05, 0) is 32.8 Å². The molecule has 8 nitrogen and oxygen atoms in total. The summed E-state index contributed by atoms with van der Waals surface area (Å²) < 4.78 is 6.79. The molecule has 1 saturated carbocycles. The summed E-state index contributed by atoms with van der Waals surface area (Å²) in [6, 6.07) is 3.36. The van der Waals surface area contributed by atoms with Crippen LogP contribution in [-0.2, 0) is 0 Å². The van der Waals surface area contributed by atoms with Crippen molar-refractivity contribution in [3.8, 4) is 11.4 Å². The van der Waals surface area contributed by atoms with Gasteiger partial charge in [-0.1, -0.05) is 16.8 Å². The summed E-state index contributed by atoms with van der Waals surface area (Å²) in [4.78, 5) is 24.4. The van der Waals surface area contributed by atoms with Crippen LogP contribution in [0, 0.1) is 6.92 Å². The summed E-state index contributed by atoms with van der Waals surface area (Å²) in [7, 11) is 1.47. The first-order valence-electron chi connectivity index (χ1n) is 8.35. The predicted octanol–water partition coefficient (Wildman–Crippen LogP) is 1.88. The molecule has 0 atom stereocenters. The molecule has 2 N–H and O–H groups in total. The largest absolute Gasteiger partial charge is 0.496 e. The average molecular weight is 378 g/mol. The molecular formula is C17H20ClN5O3. The minimum Gasteiger partial charge on any atom is -0.496 e. The van der Waals surface area contributed by atoms with Crippen LogP contribution in [0.2, 0.25) is 5.02 Å². The molecule has 1 aliphatic carbocycles. The molecule has 2 amide bonds. The lowest BCUT2D eigenvalue weighted by Gasteiger charge is -2.13. The number of hydrogen-bond donors (Lipinski definition) is 2. The molecule has 0 bridgehead atoms. The third-order valence-corrected chi connectivity index (χ3v) is 4.40. The summed E-state index contributed by atoms with van der Waals surface area (Å²) in [6.07, 6.45) is 1.98. The van der Waals surface area contributed by atoms with Crippen molar-refractivity contribution >= 4 is 23.4 Å². The van der Waals surface area contributed by atoms with E-state index in [2.05, 4.69) is 20.9 Å². The average Bonchev–Trinajstić information content (AvgIpc) is 3.34. The van der Waals surface area contributed by atoms with Crippen LogP contribution >= 0.6 is 11.6 Å². The Hall–Kier alpha value is -2.61. The normalized spacial score (nSPS) is 13.4.